The number of Topliss-reactive ketones (excluding diaryl/α,β-unsaturated/α-hetero) is 1. The Morgan fingerprint density at radius 2 is 1.90 bits per heavy atom. The number of allylic oxidation sites excluding steroid dienone is 3. The van der Waals surface area contributed by atoms with Gasteiger partial charge in [-0.15, -0.1) is 0 Å². The van der Waals surface area contributed by atoms with Gasteiger partial charge >= 0.3 is 0 Å². The van der Waals surface area contributed by atoms with Crippen molar-refractivity contribution < 1.29 is 9.53 Å². The highest BCUT2D eigenvalue weighted by Crippen LogP contribution is 2.57. The zero-order chi connectivity index (χ0) is 14.5. The fourth-order valence-electron chi connectivity index (χ4n) is 4.07. The van der Waals surface area contributed by atoms with Crippen LogP contribution in [0.5, 0.6) is 0 Å². The number of ketones is 1. The summed E-state index contributed by atoms with van der Waals surface area (Å²) >= 11 is 0. The molecule has 3 rings (SSSR count). The van der Waals surface area contributed by atoms with Gasteiger partial charge in [0.25, 0.3) is 0 Å². The molecule has 106 valence electrons. The van der Waals surface area contributed by atoms with Crippen LogP contribution in [0.2, 0.25) is 0 Å². The molecule has 4 nitrogen and oxygen atoms in total. The van der Waals surface area contributed by atoms with Crippen molar-refractivity contribution in [2.75, 3.05) is 0 Å². The first-order valence-corrected chi connectivity index (χ1v) is 7.25. The Morgan fingerprint density at radius 1 is 1.25 bits per heavy atom. The fourth-order valence-corrected chi connectivity index (χ4v) is 4.07. The minimum Gasteiger partial charge on any atom is -0.444 e. The van der Waals surface area contributed by atoms with E-state index < -0.39 is 5.41 Å². The largest absolute Gasteiger partial charge is 0.444 e. The van der Waals surface area contributed by atoms with Gasteiger partial charge in [-0.3, -0.25) is 4.79 Å². The van der Waals surface area contributed by atoms with Crippen molar-refractivity contribution in [3.63, 3.8) is 0 Å². The highest BCUT2D eigenvalue weighted by Gasteiger charge is 2.52. The van der Waals surface area contributed by atoms with Crippen LogP contribution in [0.1, 0.15) is 52.4 Å². The van der Waals surface area contributed by atoms with Gasteiger partial charge in [0, 0.05) is 23.8 Å². The molecule has 20 heavy (non-hydrogen) atoms. The third-order valence-electron chi connectivity index (χ3n) is 4.84. The number of hydrogen-bond acceptors (Lipinski definition) is 4. The quantitative estimate of drug-likeness (QED) is 0.735. The topological polar surface area (TPSA) is 76.1 Å². The first-order chi connectivity index (χ1) is 9.39. The van der Waals surface area contributed by atoms with E-state index in [1.165, 1.54) is 0 Å². The molecule has 0 aromatic carbocycles. The molecule has 2 N–H and O–H groups in total. The molecule has 1 spiro atoms. The first-order valence-electron chi connectivity index (χ1n) is 7.25. The molecule has 0 aromatic rings. The molecular weight excluding hydrogens is 252 g/mol. The summed E-state index contributed by atoms with van der Waals surface area (Å²) in [6.45, 7) is 4.14. The number of ether oxygens (including phenoxy) is 1. The van der Waals surface area contributed by atoms with Gasteiger partial charge in [0.1, 0.15) is 17.4 Å². The normalized spacial score (nSPS) is 27.4. The second-order valence-corrected chi connectivity index (χ2v) is 6.98. The van der Waals surface area contributed by atoms with Gasteiger partial charge in [-0.1, -0.05) is 26.7 Å². The predicted molar refractivity (Wildman–Crippen MR) is 73.9 cm³/mol. The van der Waals surface area contributed by atoms with Gasteiger partial charge in [0.2, 0.25) is 5.88 Å². The van der Waals surface area contributed by atoms with Crippen LogP contribution in [0, 0.1) is 22.2 Å². The lowest BCUT2D eigenvalue weighted by Crippen LogP contribution is -2.39. The lowest BCUT2D eigenvalue weighted by Gasteiger charge is -2.42. The second kappa shape index (κ2) is 4.12. The van der Waals surface area contributed by atoms with Gasteiger partial charge in [0.15, 0.2) is 5.78 Å². The van der Waals surface area contributed by atoms with Crippen molar-refractivity contribution in [2.24, 2.45) is 16.6 Å². The molecule has 0 amide bonds. The first kappa shape index (κ1) is 13.2. The molecule has 0 radical (unpaired) electrons. The number of fused-ring (bicyclic) bond motifs is 1. The summed E-state index contributed by atoms with van der Waals surface area (Å²) in [7, 11) is 0. The Balaban J connectivity index is 2.17. The predicted octanol–water partition coefficient (Wildman–Crippen LogP) is 2.91. The SMILES string of the molecule is CC1(C)CC(=O)C2=C(C1)OC(N)=C(C#N)C21CCCC1. The van der Waals surface area contributed by atoms with Gasteiger partial charge in [0.05, 0.1) is 0 Å². The minimum absolute atomic E-state index is 0.0971. The number of rotatable bonds is 0. The van der Waals surface area contributed by atoms with E-state index in [-0.39, 0.29) is 17.1 Å². The van der Waals surface area contributed by atoms with Gasteiger partial charge in [-0.25, -0.2) is 0 Å². The van der Waals surface area contributed by atoms with E-state index in [0.29, 0.717) is 17.8 Å². The molecule has 1 aliphatic heterocycles. The molecule has 0 unspecified atom stereocenters. The Morgan fingerprint density at radius 3 is 2.50 bits per heavy atom. The Hall–Kier alpha value is -1.76. The molecule has 2 aliphatic carbocycles. The maximum Gasteiger partial charge on any atom is 0.205 e. The molecule has 0 aromatic heterocycles. The van der Waals surface area contributed by atoms with E-state index in [4.69, 9.17) is 10.5 Å². The van der Waals surface area contributed by atoms with Gasteiger partial charge < -0.3 is 10.5 Å². The molecule has 3 aliphatic rings. The van der Waals surface area contributed by atoms with Crippen LogP contribution in [0.4, 0.5) is 0 Å². The van der Waals surface area contributed by atoms with E-state index >= 15 is 0 Å². The number of carbonyl (C=O) groups is 1. The van der Waals surface area contributed by atoms with Crippen molar-refractivity contribution in [1.29, 1.82) is 5.26 Å². The van der Waals surface area contributed by atoms with Gasteiger partial charge in [-0.05, 0) is 18.3 Å². The number of nitrogens with zero attached hydrogens (tertiary/aromatic N) is 1. The summed E-state index contributed by atoms with van der Waals surface area (Å²) in [5.74, 6) is 1.06. The average molecular weight is 272 g/mol. The number of nitriles is 1. The van der Waals surface area contributed by atoms with Crippen molar-refractivity contribution in [2.45, 2.75) is 52.4 Å². The Labute approximate surface area is 119 Å². The molecule has 1 heterocycles. The van der Waals surface area contributed by atoms with Crippen molar-refractivity contribution in [3.8, 4) is 6.07 Å². The third-order valence-corrected chi connectivity index (χ3v) is 4.84. The van der Waals surface area contributed by atoms with E-state index in [1.807, 2.05) is 0 Å². The van der Waals surface area contributed by atoms with Crippen LogP contribution in [-0.2, 0) is 9.53 Å². The molecule has 4 heteroatoms. The van der Waals surface area contributed by atoms with E-state index in [2.05, 4.69) is 19.9 Å². The number of nitrogens with two attached hydrogens (primary N) is 1. The zero-order valence-corrected chi connectivity index (χ0v) is 12.1. The van der Waals surface area contributed by atoms with E-state index in [1.54, 1.807) is 0 Å². The molecular formula is C16H20N2O2. The van der Waals surface area contributed by atoms with Crippen molar-refractivity contribution in [3.05, 3.63) is 22.8 Å². The van der Waals surface area contributed by atoms with Crippen LogP contribution >= 0.6 is 0 Å². The van der Waals surface area contributed by atoms with Crippen molar-refractivity contribution >= 4 is 5.78 Å². The van der Waals surface area contributed by atoms with Gasteiger partial charge in [-0.2, -0.15) is 5.26 Å². The van der Waals surface area contributed by atoms with Crippen LogP contribution in [0.3, 0.4) is 0 Å². The standard InChI is InChI=1S/C16H20N2O2/c1-15(2)7-11(19)13-12(8-15)20-14(18)10(9-17)16(13)5-3-4-6-16/h3-8,18H2,1-2H3. The van der Waals surface area contributed by atoms with E-state index in [9.17, 15) is 10.1 Å². The highest BCUT2D eigenvalue weighted by atomic mass is 16.5. The smallest absolute Gasteiger partial charge is 0.205 e. The average Bonchev–Trinajstić information content (AvgIpc) is 2.76. The number of carbonyl (C=O) groups excluding carboxylic acids is 1. The zero-order valence-electron chi connectivity index (χ0n) is 12.1. The van der Waals surface area contributed by atoms with Crippen molar-refractivity contribution in [1.82, 2.24) is 0 Å². The molecule has 1 fully saturated rings. The summed E-state index contributed by atoms with van der Waals surface area (Å²) < 4.78 is 5.68. The summed E-state index contributed by atoms with van der Waals surface area (Å²) in [5, 5.41) is 9.46. The molecule has 0 atom stereocenters. The maximum absolute atomic E-state index is 12.7. The van der Waals surface area contributed by atoms with E-state index in [0.717, 1.165) is 37.7 Å². The molecule has 0 bridgehead atoms. The van der Waals surface area contributed by atoms with Crippen LogP contribution in [-0.4, -0.2) is 5.78 Å². The molecule has 1 saturated carbocycles. The molecule has 0 saturated heterocycles. The minimum atomic E-state index is -0.458. The van der Waals surface area contributed by atoms with Crippen LogP contribution < -0.4 is 5.73 Å². The maximum atomic E-state index is 12.7. The second-order valence-electron chi connectivity index (χ2n) is 6.98. The lowest BCUT2D eigenvalue weighted by atomic mass is 9.64. The number of hydrogen-bond donors (Lipinski definition) is 1. The van der Waals surface area contributed by atoms with Crippen LogP contribution in [0.15, 0.2) is 22.8 Å². The van der Waals surface area contributed by atoms with Crippen LogP contribution in [0.25, 0.3) is 0 Å². The summed E-state index contributed by atoms with van der Waals surface area (Å²) in [4.78, 5) is 12.7. The third kappa shape index (κ3) is 1.69. The lowest BCUT2D eigenvalue weighted by molar-refractivity contribution is -0.120. The Bertz CT molecular complexity index is 584. The fraction of sp³-hybridized carbons (Fsp3) is 0.625. The monoisotopic (exact) mass is 272 g/mol. The Kier molecular flexibility index (Phi) is 2.72. The highest BCUT2D eigenvalue weighted by molar-refractivity contribution is 5.99. The summed E-state index contributed by atoms with van der Waals surface area (Å²) in [5.41, 5.74) is 6.64. The summed E-state index contributed by atoms with van der Waals surface area (Å²) in [6.07, 6.45) is 4.98. The summed E-state index contributed by atoms with van der Waals surface area (Å²) in [6, 6.07) is 2.20.